The number of para-hydroxylation sites is 1. The van der Waals surface area contributed by atoms with Crippen molar-refractivity contribution in [3.8, 4) is 5.75 Å². The summed E-state index contributed by atoms with van der Waals surface area (Å²) in [6, 6.07) is 5.20. The highest BCUT2D eigenvalue weighted by molar-refractivity contribution is 7.15. The molecule has 160 valence electrons. The third-order valence-corrected chi connectivity index (χ3v) is 6.55. The molecule has 0 radical (unpaired) electrons. The van der Waals surface area contributed by atoms with E-state index in [1.54, 1.807) is 6.07 Å². The lowest BCUT2D eigenvalue weighted by Crippen LogP contribution is -2.43. The van der Waals surface area contributed by atoms with Crippen LogP contribution in [0, 0.1) is 0 Å². The SMILES string of the molecule is O=C(Nc1nc2c(s1)CCCCC2)C1CCCN1C(=O)c1ccccc1OC(F)F. The number of hydrogen-bond acceptors (Lipinski definition) is 5. The second-order valence-corrected chi connectivity index (χ2v) is 8.55. The van der Waals surface area contributed by atoms with Crippen LogP contribution in [-0.4, -0.2) is 40.9 Å². The summed E-state index contributed by atoms with van der Waals surface area (Å²) < 4.78 is 29.9. The predicted molar refractivity (Wildman–Crippen MR) is 109 cm³/mol. The minimum Gasteiger partial charge on any atom is -0.434 e. The molecule has 1 aromatic carbocycles. The molecule has 1 N–H and O–H groups in total. The number of hydrogen-bond donors (Lipinski definition) is 1. The first-order chi connectivity index (χ1) is 14.5. The van der Waals surface area contributed by atoms with E-state index in [1.165, 1.54) is 45.7 Å². The van der Waals surface area contributed by atoms with Gasteiger partial charge in [-0.2, -0.15) is 8.78 Å². The van der Waals surface area contributed by atoms with Crippen molar-refractivity contribution in [3.63, 3.8) is 0 Å². The lowest BCUT2D eigenvalue weighted by Gasteiger charge is -2.24. The number of carbonyl (C=O) groups is 2. The molecule has 6 nitrogen and oxygen atoms in total. The predicted octanol–water partition coefficient (Wildman–Crippen LogP) is 4.26. The maximum Gasteiger partial charge on any atom is 0.387 e. The Morgan fingerprint density at radius 3 is 2.80 bits per heavy atom. The van der Waals surface area contributed by atoms with Crippen LogP contribution in [0.5, 0.6) is 5.75 Å². The van der Waals surface area contributed by atoms with Gasteiger partial charge in [0.15, 0.2) is 5.13 Å². The van der Waals surface area contributed by atoms with Gasteiger partial charge < -0.3 is 15.0 Å². The third-order valence-electron chi connectivity index (χ3n) is 5.48. The van der Waals surface area contributed by atoms with E-state index in [0.29, 0.717) is 24.5 Å². The first kappa shape index (κ1) is 20.7. The summed E-state index contributed by atoms with van der Waals surface area (Å²) in [6.45, 7) is -2.65. The Kier molecular flexibility index (Phi) is 6.26. The fourth-order valence-electron chi connectivity index (χ4n) is 4.05. The first-order valence-electron chi connectivity index (χ1n) is 10.2. The highest BCUT2D eigenvalue weighted by Crippen LogP contribution is 2.30. The van der Waals surface area contributed by atoms with Gasteiger partial charge in [0.25, 0.3) is 5.91 Å². The van der Waals surface area contributed by atoms with Crippen LogP contribution in [0.15, 0.2) is 24.3 Å². The molecular formula is C21H23F2N3O3S. The number of benzene rings is 1. The molecule has 0 spiro atoms. The molecule has 1 aromatic heterocycles. The largest absolute Gasteiger partial charge is 0.434 e. The number of rotatable bonds is 5. The topological polar surface area (TPSA) is 71.5 Å². The summed E-state index contributed by atoms with van der Waals surface area (Å²) in [5.74, 6) is -0.969. The number of aromatic nitrogens is 1. The maximum atomic E-state index is 13.0. The van der Waals surface area contributed by atoms with E-state index in [9.17, 15) is 18.4 Å². The molecule has 1 fully saturated rings. The number of thiazole rings is 1. The number of ether oxygens (including phenoxy) is 1. The fourth-order valence-corrected chi connectivity index (χ4v) is 5.10. The zero-order valence-electron chi connectivity index (χ0n) is 16.4. The Balaban J connectivity index is 1.48. The Morgan fingerprint density at radius 2 is 1.97 bits per heavy atom. The van der Waals surface area contributed by atoms with Crippen molar-refractivity contribution in [3.05, 3.63) is 40.4 Å². The van der Waals surface area contributed by atoms with E-state index >= 15 is 0 Å². The van der Waals surface area contributed by atoms with Crippen molar-refractivity contribution in [1.82, 2.24) is 9.88 Å². The van der Waals surface area contributed by atoms with Gasteiger partial charge in [0, 0.05) is 11.4 Å². The Bertz CT molecular complexity index is 910. The minimum absolute atomic E-state index is 0.0264. The van der Waals surface area contributed by atoms with Gasteiger partial charge in [0.05, 0.1) is 11.3 Å². The summed E-state index contributed by atoms with van der Waals surface area (Å²) in [4.78, 5) is 33.2. The second kappa shape index (κ2) is 9.07. The van der Waals surface area contributed by atoms with Crippen LogP contribution in [0.1, 0.15) is 53.0 Å². The number of nitrogens with zero attached hydrogens (tertiary/aromatic N) is 2. The Labute approximate surface area is 177 Å². The second-order valence-electron chi connectivity index (χ2n) is 7.47. The molecule has 1 atom stereocenters. The summed E-state index contributed by atoms with van der Waals surface area (Å²) in [6.07, 6.45) is 6.52. The van der Waals surface area contributed by atoms with Gasteiger partial charge in [0.1, 0.15) is 11.8 Å². The van der Waals surface area contributed by atoms with E-state index in [0.717, 1.165) is 31.4 Å². The lowest BCUT2D eigenvalue weighted by atomic mass is 10.1. The average molecular weight is 435 g/mol. The molecule has 1 aliphatic carbocycles. The number of nitrogens with one attached hydrogen (secondary N) is 1. The standard InChI is InChI=1S/C21H23F2N3O3S/c22-20(23)29-16-10-5-4-7-13(16)19(28)26-12-6-9-15(26)18(27)25-21-24-14-8-2-1-3-11-17(14)30-21/h4-5,7,10,15,20H,1-3,6,8-9,11-12H2,(H,24,25,27). The van der Waals surface area contributed by atoms with Crippen molar-refractivity contribution in [2.75, 3.05) is 11.9 Å². The van der Waals surface area contributed by atoms with Crippen molar-refractivity contribution >= 4 is 28.3 Å². The number of amides is 2. The van der Waals surface area contributed by atoms with Crippen molar-refractivity contribution in [1.29, 1.82) is 0 Å². The molecule has 4 rings (SSSR count). The highest BCUT2D eigenvalue weighted by Gasteiger charge is 2.36. The molecule has 2 amide bonds. The number of halogens is 2. The normalized spacial score (nSPS) is 18.8. The minimum atomic E-state index is -3.03. The zero-order chi connectivity index (χ0) is 21.1. The van der Waals surface area contributed by atoms with Crippen LogP contribution in [0.2, 0.25) is 0 Å². The number of aryl methyl sites for hydroxylation is 2. The van der Waals surface area contributed by atoms with E-state index in [1.807, 2.05) is 0 Å². The molecule has 0 saturated carbocycles. The molecule has 0 bridgehead atoms. The quantitative estimate of drug-likeness (QED) is 0.713. The monoisotopic (exact) mass is 435 g/mol. The zero-order valence-corrected chi connectivity index (χ0v) is 17.2. The lowest BCUT2D eigenvalue weighted by molar-refractivity contribution is -0.119. The van der Waals surface area contributed by atoms with Gasteiger partial charge >= 0.3 is 6.61 Å². The van der Waals surface area contributed by atoms with Crippen LogP contribution in [0.25, 0.3) is 0 Å². The molecule has 2 aliphatic rings. The highest BCUT2D eigenvalue weighted by atomic mass is 32.1. The molecule has 1 aliphatic heterocycles. The van der Waals surface area contributed by atoms with Crippen molar-refractivity contribution in [2.45, 2.75) is 57.6 Å². The van der Waals surface area contributed by atoms with Crippen molar-refractivity contribution < 1.29 is 23.1 Å². The van der Waals surface area contributed by atoms with E-state index in [4.69, 9.17) is 0 Å². The molecule has 1 saturated heterocycles. The van der Waals surface area contributed by atoms with Gasteiger partial charge in [-0.3, -0.25) is 9.59 Å². The maximum absolute atomic E-state index is 13.0. The van der Waals surface area contributed by atoms with Crippen LogP contribution in [-0.2, 0) is 17.6 Å². The fraction of sp³-hybridized carbons (Fsp3) is 0.476. The first-order valence-corrected chi connectivity index (χ1v) is 11.0. The Morgan fingerprint density at radius 1 is 1.17 bits per heavy atom. The summed E-state index contributed by atoms with van der Waals surface area (Å²) in [5, 5.41) is 3.43. The number of likely N-dealkylation sites (tertiary alicyclic amines) is 1. The molecular weight excluding hydrogens is 412 g/mol. The summed E-state index contributed by atoms with van der Waals surface area (Å²) >= 11 is 1.50. The molecule has 9 heteroatoms. The number of alkyl halides is 2. The number of anilines is 1. The van der Waals surface area contributed by atoms with Crippen LogP contribution >= 0.6 is 11.3 Å². The van der Waals surface area contributed by atoms with E-state index < -0.39 is 18.6 Å². The van der Waals surface area contributed by atoms with Crippen molar-refractivity contribution in [2.24, 2.45) is 0 Å². The van der Waals surface area contributed by atoms with Crippen LogP contribution in [0.3, 0.4) is 0 Å². The molecule has 2 heterocycles. The molecule has 30 heavy (non-hydrogen) atoms. The number of carbonyl (C=O) groups excluding carboxylic acids is 2. The Hall–Kier alpha value is -2.55. The van der Waals surface area contributed by atoms with Gasteiger partial charge in [-0.15, -0.1) is 11.3 Å². The molecule has 1 unspecified atom stereocenters. The van der Waals surface area contributed by atoms with Crippen LogP contribution in [0.4, 0.5) is 13.9 Å². The van der Waals surface area contributed by atoms with E-state index in [2.05, 4.69) is 15.0 Å². The summed E-state index contributed by atoms with van der Waals surface area (Å²) in [7, 11) is 0. The van der Waals surface area contributed by atoms with Gasteiger partial charge in [-0.05, 0) is 50.7 Å². The smallest absolute Gasteiger partial charge is 0.387 e. The molecule has 2 aromatic rings. The van der Waals surface area contributed by atoms with Gasteiger partial charge in [-0.25, -0.2) is 4.98 Å². The average Bonchev–Trinajstić information content (AvgIpc) is 3.29. The van der Waals surface area contributed by atoms with Gasteiger partial charge in [-0.1, -0.05) is 18.6 Å². The third kappa shape index (κ3) is 4.45. The van der Waals surface area contributed by atoms with E-state index in [-0.39, 0.29) is 17.2 Å². The summed E-state index contributed by atoms with van der Waals surface area (Å²) in [5.41, 5.74) is 1.09. The number of fused-ring (bicyclic) bond motifs is 1. The van der Waals surface area contributed by atoms with Crippen LogP contribution < -0.4 is 10.1 Å². The van der Waals surface area contributed by atoms with Gasteiger partial charge in [0.2, 0.25) is 5.91 Å².